The molecule has 0 heterocycles. The van der Waals surface area contributed by atoms with E-state index in [2.05, 4.69) is 4.52 Å². The first-order valence-corrected chi connectivity index (χ1v) is 4.52. The van der Waals surface area contributed by atoms with Gasteiger partial charge in [0.1, 0.15) is 0 Å². The van der Waals surface area contributed by atoms with E-state index in [0.717, 1.165) is 0 Å². The van der Waals surface area contributed by atoms with Crippen molar-refractivity contribution in [3.63, 3.8) is 0 Å². The van der Waals surface area contributed by atoms with E-state index in [4.69, 9.17) is 11.2 Å². The highest BCUT2D eigenvalue weighted by Gasteiger charge is 2.19. The van der Waals surface area contributed by atoms with Gasteiger partial charge in [0.15, 0.2) is 0 Å². The maximum atomic E-state index is 10.8. The fourth-order valence-electron chi connectivity index (χ4n) is 0.163. The van der Waals surface area contributed by atoms with Gasteiger partial charge in [-0.1, -0.05) is 0 Å². The zero-order valence-electron chi connectivity index (χ0n) is 5.09. The molecule has 3 nitrogen and oxygen atoms in total. The third-order valence-corrected chi connectivity index (χ3v) is 3.43. The van der Waals surface area contributed by atoms with Crippen LogP contribution >= 0.6 is 18.1 Å². The van der Waals surface area contributed by atoms with Crippen LogP contribution < -0.4 is 0 Å². The number of halogens is 1. The van der Waals surface area contributed by atoms with Crippen LogP contribution in [0.25, 0.3) is 0 Å². The minimum absolute atomic E-state index is 1.31. The first-order chi connectivity index (χ1) is 3.50. The van der Waals surface area contributed by atoms with Gasteiger partial charge >= 0.3 is 6.87 Å². The summed E-state index contributed by atoms with van der Waals surface area (Å²) in [5, 5.41) is 0. The summed E-state index contributed by atoms with van der Waals surface area (Å²) in [7, 11) is 4.50. The molecular weight excluding hydrogens is 148 g/mol. The van der Waals surface area contributed by atoms with Crippen molar-refractivity contribution in [1.29, 1.82) is 0 Å². The molecule has 0 spiro atoms. The van der Waals surface area contributed by atoms with Gasteiger partial charge in [0.25, 0.3) is 0 Å². The van der Waals surface area contributed by atoms with Crippen LogP contribution in [0.4, 0.5) is 0 Å². The Morgan fingerprint density at radius 1 is 1.62 bits per heavy atom. The lowest BCUT2D eigenvalue weighted by molar-refractivity contribution is 0.362. The average molecular weight is 158 g/mol. The zero-order chi connectivity index (χ0) is 6.78. The largest absolute Gasteiger partial charge is 0.362 e. The van der Waals surface area contributed by atoms with E-state index in [9.17, 15) is 4.57 Å². The second kappa shape index (κ2) is 2.83. The summed E-state index contributed by atoms with van der Waals surface area (Å²) in [4.78, 5) is 0. The Labute approximate surface area is 53.9 Å². The van der Waals surface area contributed by atoms with Crippen LogP contribution in [0.5, 0.6) is 0 Å². The predicted octanol–water partition coefficient (Wildman–Crippen LogP) is 1.54. The third-order valence-electron chi connectivity index (χ3n) is 0.703. The molecule has 0 aliphatic rings. The number of hydrogen-bond donors (Lipinski definition) is 0. The highest BCUT2D eigenvalue weighted by molar-refractivity contribution is 7.83. The minimum atomic E-state index is -2.94. The Morgan fingerprint density at radius 2 is 2.00 bits per heavy atom. The Hall–Kier alpha value is 0.440. The number of hydrogen-bond acceptors (Lipinski definition) is 2. The van der Waals surface area contributed by atoms with E-state index in [1.165, 1.54) is 11.8 Å². The molecule has 0 bridgehead atoms. The molecule has 5 heteroatoms. The molecule has 0 aliphatic heterocycles. The van der Waals surface area contributed by atoms with Crippen LogP contribution in [0.2, 0.25) is 0 Å². The van der Waals surface area contributed by atoms with E-state index < -0.39 is 6.87 Å². The fourth-order valence-corrected chi connectivity index (χ4v) is 0.490. The van der Waals surface area contributed by atoms with Gasteiger partial charge in [0, 0.05) is 7.11 Å². The molecule has 0 aromatic heterocycles. The van der Waals surface area contributed by atoms with Crippen LogP contribution in [-0.4, -0.2) is 25.9 Å². The van der Waals surface area contributed by atoms with Gasteiger partial charge < -0.3 is 4.52 Å². The Balaban J connectivity index is 3.93. The maximum Gasteiger partial charge on any atom is 0.362 e. The molecule has 0 amide bonds. The topological polar surface area (TPSA) is 29.5 Å². The van der Waals surface area contributed by atoms with Gasteiger partial charge in [0.2, 0.25) is 0 Å². The van der Waals surface area contributed by atoms with Crippen molar-refractivity contribution in [2.75, 3.05) is 21.2 Å². The van der Waals surface area contributed by atoms with Crippen LogP contribution in [-0.2, 0) is 9.09 Å². The van der Waals surface area contributed by atoms with Gasteiger partial charge in [-0.05, 0) is 25.3 Å². The van der Waals surface area contributed by atoms with Crippen molar-refractivity contribution in [3.8, 4) is 0 Å². The van der Waals surface area contributed by atoms with Crippen molar-refractivity contribution in [1.82, 2.24) is 4.67 Å². The molecule has 0 rings (SSSR count). The van der Waals surface area contributed by atoms with Crippen LogP contribution in [0, 0.1) is 0 Å². The molecule has 0 radical (unpaired) electrons. The van der Waals surface area contributed by atoms with Crippen LogP contribution in [0.15, 0.2) is 0 Å². The molecule has 0 saturated carbocycles. The summed E-state index contributed by atoms with van der Waals surface area (Å²) in [5.41, 5.74) is 0. The summed E-state index contributed by atoms with van der Waals surface area (Å²) in [6.45, 7) is -2.94. The molecule has 8 heavy (non-hydrogen) atoms. The summed E-state index contributed by atoms with van der Waals surface area (Å²) in [5.74, 6) is 0. The highest BCUT2D eigenvalue weighted by atomic mass is 35.7. The molecule has 0 saturated heterocycles. The summed E-state index contributed by atoms with van der Waals surface area (Å²) >= 11 is 5.31. The van der Waals surface area contributed by atoms with Crippen molar-refractivity contribution in [2.24, 2.45) is 0 Å². The van der Waals surface area contributed by atoms with E-state index >= 15 is 0 Å². The Bertz CT molecular complexity index is 116. The summed E-state index contributed by atoms with van der Waals surface area (Å²) in [6, 6.07) is 0. The molecular formula is C3H9ClNO2P. The van der Waals surface area contributed by atoms with Crippen LogP contribution in [0.3, 0.4) is 0 Å². The fraction of sp³-hybridized carbons (Fsp3) is 1.00. The lowest BCUT2D eigenvalue weighted by atomic mass is 11.3. The van der Waals surface area contributed by atoms with Crippen molar-refractivity contribution in [3.05, 3.63) is 0 Å². The van der Waals surface area contributed by atoms with Gasteiger partial charge in [-0.25, -0.2) is 4.67 Å². The quantitative estimate of drug-likeness (QED) is 0.570. The average Bonchev–Trinajstić information content (AvgIpc) is 1.67. The van der Waals surface area contributed by atoms with E-state index in [-0.39, 0.29) is 0 Å². The molecule has 50 valence electrons. The second-order valence-corrected chi connectivity index (χ2v) is 4.83. The second-order valence-electron chi connectivity index (χ2n) is 1.48. The lowest BCUT2D eigenvalue weighted by Gasteiger charge is -2.13. The number of rotatable bonds is 2. The van der Waals surface area contributed by atoms with E-state index in [0.29, 0.717) is 0 Å². The Morgan fingerprint density at radius 3 is 2.00 bits per heavy atom. The molecule has 0 aromatic rings. The summed E-state index contributed by atoms with van der Waals surface area (Å²) in [6.07, 6.45) is 0. The minimum Gasteiger partial charge on any atom is -0.309 e. The van der Waals surface area contributed by atoms with Crippen LogP contribution in [0.1, 0.15) is 0 Å². The summed E-state index contributed by atoms with van der Waals surface area (Å²) < 4.78 is 16.5. The van der Waals surface area contributed by atoms with Crippen molar-refractivity contribution < 1.29 is 9.09 Å². The van der Waals surface area contributed by atoms with Gasteiger partial charge in [-0.2, -0.15) is 0 Å². The lowest BCUT2D eigenvalue weighted by Crippen LogP contribution is -2.04. The molecule has 0 aliphatic carbocycles. The zero-order valence-corrected chi connectivity index (χ0v) is 6.74. The normalized spacial score (nSPS) is 18.6. The van der Waals surface area contributed by atoms with Crippen molar-refractivity contribution in [2.45, 2.75) is 0 Å². The molecule has 0 N–H and O–H groups in total. The van der Waals surface area contributed by atoms with Gasteiger partial charge in [-0.15, -0.1) is 0 Å². The first kappa shape index (κ1) is 8.44. The van der Waals surface area contributed by atoms with E-state index in [1.807, 2.05) is 0 Å². The predicted molar refractivity (Wildman–Crippen MR) is 34.2 cm³/mol. The van der Waals surface area contributed by atoms with Gasteiger partial charge in [-0.3, -0.25) is 4.57 Å². The highest BCUT2D eigenvalue weighted by Crippen LogP contribution is 2.52. The molecule has 0 aromatic carbocycles. The molecule has 1 atom stereocenters. The first-order valence-electron chi connectivity index (χ1n) is 2.04. The van der Waals surface area contributed by atoms with Crippen molar-refractivity contribution >= 4 is 18.1 Å². The third kappa shape index (κ3) is 2.14. The van der Waals surface area contributed by atoms with Gasteiger partial charge in [0.05, 0.1) is 0 Å². The Kier molecular flexibility index (Phi) is 2.99. The molecule has 0 fully saturated rings. The number of nitrogens with zero attached hydrogens (tertiary/aromatic N) is 1. The standard InChI is InChI=1S/C3H9ClNO2P/c1-5(2)8(4,6)7-3/h1-3H3/t8-/m0/s1. The SMILES string of the molecule is CO[P@@](=O)(Cl)N(C)C. The monoisotopic (exact) mass is 157 g/mol. The van der Waals surface area contributed by atoms with E-state index in [1.54, 1.807) is 14.1 Å². The maximum absolute atomic E-state index is 10.8. The smallest absolute Gasteiger partial charge is 0.309 e. The molecule has 0 unspecified atom stereocenters.